The van der Waals surface area contributed by atoms with Crippen LogP contribution in [0.2, 0.25) is 0 Å². The van der Waals surface area contributed by atoms with E-state index in [1.54, 1.807) is 33.5 Å². The minimum Gasteiger partial charge on any atom is -0.496 e. The second-order valence-electron chi connectivity index (χ2n) is 9.17. The maximum atomic E-state index is 13.9. The lowest BCUT2D eigenvalue weighted by Gasteiger charge is -2.30. The van der Waals surface area contributed by atoms with Crippen molar-refractivity contribution in [2.75, 3.05) is 42.2 Å². The van der Waals surface area contributed by atoms with Crippen molar-refractivity contribution in [2.24, 2.45) is 0 Å². The second-order valence-corrected chi connectivity index (χ2v) is 9.17. The largest absolute Gasteiger partial charge is 0.496 e. The first kappa shape index (κ1) is 25.7. The molecule has 8 nitrogen and oxygen atoms in total. The molecule has 3 aromatic rings. The van der Waals surface area contributed by atoms with Gasteiger partial charge in [0.25, 0.3) is 0 Å². The van der Waals surface area contributed by atoms with Gasteiger partial charge in [0, 0.05) is 11.6 Å². The highest BCUT2D eigenvalue weighted by Crippen LogP contribution is 2.43. The molecule has 0 N–H and O–H groups in total. The number of fused-ring (bicyclic) bond motifs is 1. The Bertz CT molecular complexity index is 1250. The molecule has 2 aromatic carbocycles. The van der Waals surface area contributed by atoms with Gasteiger partial charge in [-0.2, -0.15) is 0 Å². The van der Waals surface area contributed by atoms with Crippen molar-refractivity contribution in [3.05, 3.63) is 40.1 Å². The molecule has 1 aromatic heterocycles. The minimum absolute atomic E-state index is 0.113. The molecule has 1 saturated carbocycles. The van der Waals surface area contributed by atoms with Crippen molar-refractivity contribution in [3.8, 4) is 40.1 Å². The zero-order valence-electron chi connectivity index (χ0n) is 21.9. The monoisotopic (exact) mass is 497 g/mol. The summed E-state index contributed by atoms with van der Waals surface area (Å²) < 4.78 is 34.7. The van der Waals surface area contributed by atoms with Gasteiger partial charge in [-0.25, -0.2) is 0 Å². The van der Waals surface area contributed by atoms with E-state index < -0.39 is 0 Å². The molecule has 1 fully saturated rings. The molecule has 1 heterocycles. The summed E-state index contributed by atoms with van der Waals surface area (Å²) in [5.41, 5.74) is 1.59. The molecule has 0 radical (unpaired) electrons. The molecule has 0 saturated heterocycles. The quantitative estimate of drug-likeness (QED) is 0.364. The molecular formula is C28H35NO7. The Morgan fingerprint density at radius 1 is 0.861 bits per heavy atom. The van der Waals surface area contributed by atoms with Crippen LogP contribution >= 0.6 is 0 Å². The summed E-state index contributed by atoms with van der Waals surface area (Å²) in [4.78, 5) is 16.0. The Balaban J connectivity index is 1.88. The van der Waals surface area contributed by atoms with Crippen LogP contribution in [-0.4, -0.2) is 53.2 Å². The summed E-state index contributed by atoms with van der Waals surface area (Å²) in [6, 6.07) is 7.55. The number of nitrogens with zero attached hydrogens (tertiary/aromatic N) is 1. The van der Waals surface area contributed by atoms with E-state index in [9.17, 15) is 4.79 Å². The highest BCUT2D eigenvalue weighted by Gasteiger charge is 2.25. The van der Waals surface area contributed by atoms with Crippen molar-refractivity contribution < 1.29 is 28.1 Å². The van der Waals surface area contributed by atoms with E-state index in [-0.39, 0.29) is 23.7 Å². The standard InChI is InChI=1S/C28H35NO7/c1-17-12-20(31-3)24-21(13-17)36-26(18-14-22(32-4)27(34-6)23(15-18)33-5)28(25(24)30)35-16-29(2)19-10-8-7-9-11-19/h12-15,19H,7-11,16H2,1-6H3. The lowest BCUT2D eigenvalue weighted by Crippen LogP contribution is -2.36. The molecule has 0 unspecified atom stereocenters. The number of aryl methyl sites for hydroxylation is 1. The summed E-state index contributed by atoms with van der Waals surface area (Å²) in [5.74, 6) is 2.19. The predicted molar refractivity (Wildman–Crippen MR) is 139 cm³/mol. The molecular weight excluding hydrogens is 462 g/mol. The van der Waals surface area contributed by atoms with E-state index in [0.29, 0.717) is 45.6 Å². The highest BCUT2D eigenvalue weighted by atomic mass is 16.5. The first-order chi connectivity index (χ1) is 17.4. The van der Waals surface area contributed by atoms with Gasteiger partial charge in [0.2, 0.25) is 16.9 Å². The third-order valence-electron chi connectivity index (χ3n) is 6.82. The Morgan fingerprint density at radius 2 is 1.50 bits per heavy atom. The van der Waals surface area contributed by atoms with Crippen LogP contribution in [0.25, 0.3) is 22.3 Å². The molecule has 36 heavy (non-hydrogen) atoms. The summed E-state index contributed by atoms with van der Waals surface area (Å²) >= 11 is 0. The maximum absolute atomic E-state index is 13.9. The number of benzene rings is 2. The third-order valence-corrected chi connectivity index (χ3v) is 6.82. The SMILES string of the molecule is COc1cc(-c2oc3cc(C)cc(OC)c3c(=O)c2OCN(C)C2CCCCC2)cc(OC)c1OC. The van der Waals surface area contributed by atoms with Gasteiger partial charge in [-0.3, -0.25) is 9.69 Å². The van der Waals surface area contributed by atoms with E-state index in [0.717, 1.165) is 18.4 Å². The number of ether oxygens (including phenoxy) is 5. The fourth-order valence-electron chi connectivity index (χ4n) is 4.89. The van der Waals surface area contributed by atoms with Crippen LogP contribution in [0.1, 0.15) is 37.7 Å². The van der Waals surface area contributed by atoms with E-state index >= 15 is 0 Å². The first-order valence-corrected chi connectivity index (χ1v) is 12.2. The fraction of sp³-hybridized carbons (Fsp3) is 0.464. The van der Waals surface area contributed by atoms with Crippen molar-refractivity contribution in [1.82, 2.24) is 4.90 Å². The Labute approximate surface area is 211 Å². The van der Waals surface area contributed by atoms with Crippen molar-refractivity contribution in [3.63, 3.8) is 0 Å². The maximum Gasteiger partial charge on any atom is 0.239 e. The number of hydrogen-bond donors (Lipinski definition) is 0. The zero-order valence-corrected chi connectivity index (χ0v) is 21.9. The van der Waals surface area contributed by atoms with Crippen LogP contribution in [0.15, 0.2) is 33.5 Å². The molecule has 194 valence electrons. The van der Waals surface area contributed by atoms with Gasteiger partial charge in [0.1, 0.15) is 23.4 Å². The van der Waals surface area contributed by atoms with Crippen LogP contribution < -0.4 is 29.1 Å². The highest BCUT2D eigenvalue weighted by molar-refractivity contribution is 5.88. The second kappa shape index (κ2) is 11.1. The van der Waals surface area contributed by atoms with Crippen molar-refractivity contribution in [2.45, 2.75) is 45.1 Å². The summed E-state index contributed by atoms with van der Waals surface area (Å²) in [6.45, 7) is 2.18. The Hall–Kier alpha value is -3.39. The molecule has 0 atom stereocenters. The predicted octanol–water partition coefficient (Wildman–Crippen LogP) is 5.40. The number of rotatable bonds is 9. The fourth-order valence-corrected chi connectivity index (χ4v) is 4.89. The number of hydrogen-bond acceptors (Lipinski definition) is 8. The summed E-state index contributed by atoms with van der Waals surface area (Å²) in [6.07, 6.45) is 5.93. The van der Waals surface area contributed by atoms with Crippen LogP contribution in [0.5, 0.6) is 28.7 Å². The van der Waals surface area contributed by atoms with Gasteiger partial charge in [-0.15, -0.1) is 0 Å². The van der Waals surface area contributed by atoms with Gasteiger partial charge in [-0.05, 0) is 56.6 Å². The van der Waals surface area contributed by atoms with Gasteiger partial charge in [-0.1, -0.05) is 19.3 Å². The van der Waals surface area contributed by atoms with Crippen LogP contribution in [0, 0.1) is 6.92 Å². The summed E-state index contributed by atoms with van der Waals surface area (Å²) in [7, 11) is 8.20. The lowest BCUT2D eigenvalue weighted by atomic mass is 9.95. The molecule has 0 bridgehead atoms. The van der Waals surface area contributed by atoms with E-state index in [2.05, 4.69) is 4.90 Å². The van der Waals surface area contributed by atoms with Crippen LogP contribution in [-0.2, 0) is 0 Å². The topological polar surface area (TPSA) is 79.6 Å². The lowest BCUT2D eigenvalue weighted by molar-refractivity contribution is 0.0898. The first-order valence-electron chi connectivity index (χ1n) is 12.2. The van der Waals surface area contributed by atoms with Crippen molar-refractivity contribution in [1.29, 1.82) is 0 Å². The molecule has 1 aliphatic rings. The normalized spacial score (nSPS) is 14.2. The van der Waals surface area contributed by atoms with Crippen LogP contribution in [0.3, 0.4) is 0 Å². The van der Waals surface area contributed by atoms with E-state index in [1.807, 2.05) is 26.1 Å². The van der Waals surface area contributed by atoms with E-state index in [1.165, 1.54) is 26.4 Å². The van der Waals surface area contributed by atoms with E-state index in [4.69, 9.17) is 28.1 Å². The van der Waals surface area contributed by atoms with Crippen molar-refractivity contribution >= 4 is 11.0 Å². The van der Waals surface area contributed by atoms with Gasteiger partial charge in [0.15, 0.2) is 17.3 Å². The average molecular weight is 498 g/mol. The Morgan fingerprint density at radius 3 is 2.08 bits per heavy atom. The van der Waals surface area contributed by atoms with Gasteiger partial charge in [0.05, 0.1) is 28.4 Å². The molecule has 4 rings (SSSR count). The molecule has 0 spiro atoms. The van der Waals surface area contributed by atoms with Crippen LogP contribution in [0.4, 0.5) is 0 Å². The van der Waals surface area contributed by atoms with Gasteiger partial charge >= 0.3 is 0 Å². The van der Waals surface area contributed by atoms with Gasteiger partial charge < -0.3 is 28.1 Å². The zero-order chi connectivity index (χ0) is 25.8. The molecule has 1 aliphatic carbocycles. The molecule has 0 aliphatic heterocycles. The smallest absolute Gasteiger partial charge is 0.239 e. The molecule has 0 amide bonds. The third kappa shape index (κ3) is 4.95. The Kier molecular flexibility index (Phi) is 7.94. The minimum atomic E-state index is -0.297. The average Bonchev–Trinajstić information content (AvgIpc) is 2.91. The number of methoxy groups -OCH3 is 4. The molecule has 8 heteroatoms. The summed E-state index contributed by atoms with van der Waals surface area (Å²) in [5, 5.41) is 0.342.